The van der Waals surface area contributed by atoms with Crippen molar-refractivity contribution in [2.24, 2.45) is 0 Å². The molecule has 1 fully saturated rings. The second-order valence-electron chi connectivity index (χ2n) is 6.23. The number of halogens is 3. The molecule has 0 spiro atoms. The molecule has 2 heterocycles. The van der Waals surface area contributed by atoms with Crippen molar-refractivity contribution in [1.82, 2.24) is 9.21 Å². The zero-order valence-corrected chi connectivity index (χ0v) is 18.3. The summed E-state index contributed by atoms with van der Waals surface area (Å²) in [5.41, 5.74) is 0.213. The van der Waals surface area contributed by atoms with Gasteiger partial charge < -0.3 is 4.90 Å². The third-order valence-corrected chi connectivity index (χ3v) is 8.79. The Morgan fingerprint density at radius 1 is 1.41 bits per heavy atom. The van der Waals surface area contributed by atoms with Gasteiger partial charge in [0.2, 0.25) is 5.91 Å². The summed E-state index contributed by atoms with van der Waals surface area (Å²) in [5.74, 6) is -0.868. The Bertz CT molecular complexity index is 947. The van der Waals surface area contributed by atoms with E-state index in [-0.39, 0.29) is 33.8 Å². The van der Waals surface area contributed by atoms with Crippen LogP contribution in [-0.2, 0) is 21.4 Å². The summed E-state index contributed by atoms with van der Waals surface area (Å²) in [6, 6.07) is 6.71. The number of rotatable bonds is 5. The van der Waals surface area contributed by atoms with E-state index in [0.717, 1.165) is 11.3 Å². The Kier molecular flexibility index (Phi) is 6.27. The van der Waals surface area contributed by atoms with Gasteiger partial charge in [0, 0.05) is 30.7 Å². The third kappa shape index (κ3) is 4.22. The maximum Gasteiger partial charge on any atom is 0.253 e. The molecule has 0 bridgehead atoms. The molecule has 10 heteroatoms. The zero-order chi connectivity index (χ0) is 19.8. The SMILES string of the molecule is CN(Cc1c(F)cccc1Cl)C(=O)C1CCCN1S(=O)(=O)c1ccc(Br)s1. The van der Waals surface area contributed by atoms with Crippen LogP contribution in [0.15, 0.2) is 38.3 Å². The summed E-state index contributed by atoms with van der Waals surface area (Å²) in [4.78, 5) is 14.2. The fourth-order valence-electron chi connectivity index (χ4n) is 3.08. The number of hydrogen-bond acceptors (Lipinski definition) is 4. The van der Waals surface area contributed by atoms with Crippen LogP contribution in [0.2, 0.25) is 5.02 Å². The second kappa shape index (κ2) is 8.16. The molecule has 5 nitrogen and oxygen atoms in total. The fraction of sp³-hybridized carbons (Fsp3) is 0.353. The molecule has 2 aromatic rings. The van der Waals surface area contributed by atoms with Gasteiger partial charge in [-0.3, -0.25) is 4.79 Å². The first-order valence-electron chi connectivity index (χ1n) is 8.17. The topological polar surface area (TPSA) is 57.7 Å². The lowest BCUT2D eigenvalue weighted by atomic mass is 10.1. The van der Waals surface area contributed by atoms with Crippen molar-refractivity contribution in [2.45, 2.75) is 29.6 Å². The van der Waals surface area contributed by atoms with Crippen molar-refractivity contribution < 1.29 is 17.6 Å². The maximum atomic E-state index is 14.0. The lowest BCUT2D eigenvalue weighted by Crippen LogP contribution is -2.46. The van der Waals surface area contributed by atoms with E-state index in [1.54, 1.807) is 12.1 Å². The van der Waals surface area contributed by atoms with Crippen LogP contribution in [0, 0.1) is 5.82 Å². The minimum absolute atomic E-state index is 0.0285. The molecule has 1 unspecified atom stereocenters. The van der Waals surface area contributed by atoms with Gasteiger partial charge in [-0.15, -0.1) is 11.3 Å². The molecule has 1 aliphatic rings. The van der Waals surface area contributed by atoms with E-state index in [9.17, 15) is 17.6 Å². The van der Waals surface area contributed by atoms with E-state index in [1.807, 2.05) is 0 Å². The van der Waals surface area contributed by atoms with Gasteiger partial charge in [0.15, 0.2) is 0 Å². The van der Waals surface area contributed by atoms with Crippen LogP contribution in [-0.4, -0.2) is 43.2 Å². The zero-order valence-electron chi connectivity index (χ0n) is 14.4. The Morgan fingerprint density at radius 2 is 2.15 bits per heavy atom. The number of thiophene rings is 1. The van der Waals surface area contributed by atoms with Crippen molar-refractivity contribution in [3.63, 3.8) is 0 Å². The highest BCUT2D eigenvalue weighted by atomic mass is 79.9. The lowest BCUT2D eigenvalue weighted by Gasteiger charge is -2.27. The first-order chi connectivity index (χ1) is 12.7. The largest absolute Gasteiger partial charge is 0.340 e. The van der Waals surface area contributed by atoms with E-state index in [1.165, 1.54) is 34.5 Å². The van der Waals surface area contributed by atoms with Crippen molar-refractivity contribution in [3.05, 3.63) is 50.5 Å². The average Bonchev–Trinajstić information content (AvgIpc) is 3.27. The summed E-state index contributed by atoms with van der Waals surface area (Å²) in [6.45, 7) is 0.252. The smallest absolute Gasteiger partial charge is 0.253 e. The van der Waals surface area contributed by atoms with Gasteiger partial charge >= 0.3 is 0 Å². The number of sulfonamides is 1. The molecule has 1 amide bonds. The molecule has 146 valence electrons. The van der Waals surface area contributed by atoms with Gasteiger partial charge in [-0.1, -0.05) is 17.7 Å². The second-order valence-corrected chi connectivity index (χ2v) is 11.2. The van der Waals surface area contributed by atoms with Crippen LogP contribution in [0.3, 0.4) is 0 Å². The highest BCUT2D eigenvalue weighted by Crippen LogP contribution is 2.33. The molecule has 27 heavy (non-hydrogen) atoms. The van der Waals surface area contributed by atoms with Crippen LogP contribution in [0.5, 0.6) is 0 Å². The van der Waals surface area contributed by atoms with Crippen molar-refractivity contribution in [2.75, 3.05) is 13.6 Å². The van der Waals surface area contributed by atoms with E-state index in [2.05, 4.69) is 15.9 Å². The summed E-state index contributed by atoms with van der Waals surface area (Å²) in [5, 5.41) is 0.231. The Labute approximate surface area is 174 Å². The number of likely N-dealkylation sites (N-methyl/N-ethyl adjacent to an activating group) is 1. The number of carbonyl (C=O) groups excluding carboxylic acids is 1. The van der Waals surface area contributed by atoms with E-state index in [4.69, 9.17) is 11.6 Å². The lowest BCUT2D eigenvalue weighted by molar-refractivity contribution is -0.133. The van der Waals surface area contributed by atoms with E-state index < -0.39 is 21.9 Å². The fourth-order valence-corrected chi connectivity index (χ4v) is 7.09. The Hall–Kier alpha value is -1.000. The molecule has 3 rings (SSSR count). The van der Waals surface area contributed by atoms with Crippen LogP contribution in [0.4, 0.5) is 4.39 Å². The summed E-state index contributed by atoms with van der Waals surface area (Å²) >= 11 is 10.4. The van der Waals surface area contributed by atoms with Crippen LogP contribution in [0.1, 0.15) is 18.4 Å². The van der Waals surface area contributed by atoms with E-state index >= 15 is 0 Å². The van der Waals surface area contributed by atoms with Gasteiger partial charge in [-0.25, -0.2) is 12.8 Å². The van der Waals surface area contributed by atoms with Crippen molar-refractivity contribution in [1.29, 1.82) is 0 Å². The highest BCUT2D eigenvalue weighted by molar-refractivity contribution is 9.11. The molecule has 0 saturated carbocycles. The van der Waals surface area contributed by atoms with Gasteiger partial charge in [-0.05, 0) is 53.0 Å². The number of carbonyl (C=O) groups is 1. The number of benzene rings is 1. The molecule has 1 aromatic heterocycles. The number of hydrogen-bond donors (Lipinski definition) is 0. The third-order valence-electron chi connectivity index (χ3n) is 4.43. The highest BCUT2D eigenvalue weighted by Gasteiger charge is 2.41. The summed E-state index contributed by atoms with van der Waals surface area (Å²) in [6.07, 6.45) is 1.02. The maximum absolute atomic E-state index is 14.0. The van der Waals surface area contributed by atoms with Gasteiger partial charge in [0.25, 0.3) is 10.0 Å². The van der Waals surface area contributed by atoms with Crippen LogP contribution >= 0.6 is 38.9 Å². The first kappa shape index (κ1) is 20.7. The van der Waals surface area contributed by atoms with Gasteiger partial charge in [0.05, 0.1) is 3.79 Å². The standard InChI is InChI=1S/C17H17BrClFN2O3S2/c1-21(10-11-12(19)4-2-5-13(11)20)17(23)14-6-3-9-22(14)27(24,25)16-8-7-15(18)26-16/h2,4-5,7-8,14H,3,6,9-10H2,1H3. The van der Waals surface area contributed by atoms with E-state index in [0.29, 0.717) is 16.6 Å². The number of nitrogens with zero attached hydrogens (tertiary/aromatic N) is 2. The first-order valence-corrected chi connectivity index (χ1v) is 11.6. The molecule has 1 saturated heterocycles. The summed E-state index contributed by atoms with van der Waals surface area (Å²) < 4.78 is 42.0. The molecular weight excluding hydrogens is 479 g/mol. The molecule has 0 radical (unpaired) electrons. The molecule has 1 aliphatic heterocycles. The quantitative estimate of drug-likeness (QED) is 0.627. The normalized spacial score (nSPS) is 18.0. The van der Waals surface area contributed by atoms with Gasteiger partial charge in [0.1, 0.15) is 16.1 Å². The summed E-state index contributed by atoms with van der Waals surface area (Å²) in [7, 11) is -2.24. The van der Waals surface area contributed by atoms with Gasteiger partial charge in [-0.2, -0.15) is 4.31 Å². The minimum Gasteiger partial charge on any atom is -0.340 e. The van der Waals surface area contributed by atoms with Crippen LogP contribution < -0.4 is 0 Å². The molecule has 1 atom stereocenters. The monoisotopic (exact) mass is 494 g/mol. The van der Waals surface area contributed by atoms with Crippen molar-refractivity contribution in [3.8, 4) is 0 Å². The Balaban J connectivity index is 1.81. The molecular formula is C17H17BrClFN2O3S2. The van der Waals surface area contributed by atoms with Crippen molar-refractivity contribution >= 4 is 54.8 Å². The number of amides is 1. The molecule has 0 N–H and O–H groups in total. The predicted octanol–water partition coefficient (Wildman–Crippen LogP) is 4.11. The Morgan fingerprint density at radius 3 is 2.78 bits per heavy atom. The van der Waals surface area contributed by atoms with Crippen LogP contribution in [0.25, 0.3) is 0 Å². The average molecular weight is 496 g/mol. The minimum atomic E-state index is -3.76. The molecule has 0 aliphatic carbocycles. The predicted molar refractivity (Wildman–Crippen MR) is 107 cm³/mol. The molecule has 1 aromatic carbocycles.